The number of carbonyl (C=O) groups is 5. The second kappa shape index (κ2) is 16.0. The normalized spacial score (nSPS) is 12.7. The number of carbonyl (C=O) groups excluding carboxylic acids is 3. The average molecular weight is 636 g/mol. The van der Waals surface area contributed by atoms with E-state index in [1.807, 2.05) is 12.1 Å². The van der Waals surface area contributed by atoms with E-state index in [1.54, 1.807) is 111 Å². The number of nitrogens with one attached hydrogen (secondary N) is 3. The molecule has 0 unspecified atom stereocenters. The fourth-order valence-corrected chi connectivity index (χ4v) is 5.18. The number of benzene rings is 4. The van der Waals surface area contributed by atoms with Gasteiger partial charge in [-0.25, -0.2) is 9.59 Å². The summed E-state index contributed by atoms with van der Waals surface area (Å²) in [5, 5.41) is 27.4. The molecule has 5 N–H and O–H groups in total. The third kappa shape index (κ3) is 9.13. The zero-order chi connectivity index (χ0) is 33.9. The molecule has 0 heterocycles. The van der Waals surface area contributed by atoms with Crippen LogP contribution >= 0.6 is 0 Å². The Morgan fingerprint density at radius 2 is 0.936 bits per heavy atom. The van der Waals surface area contributed by atoms with Crippen molar-refractivity contribution in [3.05, 3.63) is 131 Å². The first-order valence-electron chi connectivity index (χ1n) is 15.2. The zero-order valence-electron chi connectivity index (χ0n) is 26.1. The molecule has 0 aromatic heterocycles. The standard InChI is InChI=1S/C37H37N3O7/c1-23(2)32(37(46)47)40-35(43)30(21-24-13-5-3-6-14-24)38-33(41)28-19-11-9-17-26(28)27-18-10-12-20-29(27)34(42)39-31(36(44)45)22-25-15-7-4-8-16-25/h3-20,23,30-32H,21-22H2,1-2H3,(H,38,41)(H,39,42)(H,40,43)(H,44,45)(H,46,47)/t30-,31-,32-/m0/s1. The van der Waals surface area contributed by atoms with E-state index in [4.69, 9.17) is 0 Å². The van der Waals surface area contributed by atoms with Gasteiger partial charge in [0.05, 0.1) is 0 Å². The van der Waals surface area contributed by atoms with Crippen molar-refractivity contribution >= 4 is 29.7 Å². The highest BCUT2D eigenvalue weighted by atomic mass is 16.4. The highest BCUT2D eigenvalue weighted by molar-refractivity contribution is 6.07. The molecule has 47 heavy (non-hydrogen) atoms. The molecule has 10 nitrogen and oxygen atoms in total. The van der Waals surface area contributed by atoms with E-state index in [9.17, 15) is 34.2 Å². The maximum Gasteiger partial charge on any atom is 0.326 e. The largest absolute Gasteiger partial charge is 0.480 e. The fourth-order valence-electron chi connectivity index (χ4n) is 5.18. The van der Waals surface area contributed by atoms with Gasteiger partial charge in [0.25, 0.3) is 11.8 Å². The molecular weight excluding hydrogens is 598 g/mol. The quantitative estimate of drug-likeness (QED) is 0.138. The minimum Gasteiger partial charge on any atom is -0.480 e. The van der Waals surface area contributed by atoms with Gasteiger partial charge in [0.2, 0.25) is 5.91 Å². The monoisotopic (exact) mass is 635 g/mol. The van der Waals surface area contributed by atoms with E-state index in [0.29, 0.717) is 11.1 Å². The van der Waals surface area contributed by atoms with Crippen molar-refractivity contribution in [3.8, 4) is 11.1 Å². The number of carboxylic acid groups (broad SMARTS) is 2. The maximum absolute atomic E-state index is 13.9. The van der Waals surface area contributed by atoms with Crippen LogP contribution in [0.5, 0.6) is 0 Å². The highest BCUT2D eigenvalue weighted by Gasteiger charge is 2.30. The molecule has 0 aliphatic rings. The molecule has 0 bridgehead atoms. The third-order valence-electron chi connectivity index (χ3n) is 7.65. The maximum atomic E-state index is 13.9. The molecule has 4 aromatic carbocycles. The lowest BCUT2D eigenvalue weighted by Gasteiger charge is -2.24. The van der Waals surface area contributed by atoms with Crippen molar-refractivity contribution in [2.75, 3.05) is 0 Å². The molecule has 10 heteroatoms. The molecule has 0 saturated heterocycles. The van der Waals surface area contributed by atoms with Crippen molar-refractivity contribution < 1.29 is 34.2 Å². The first-order chi connectivity index (χ1) is 22.5. The number of rotatable bonds is 14. The predicted octanol–water partition coefficient (Wildman–Crippen LogP) is 4.35. The van der Waals surface area contributed by atoms with Crippen molar-refractivity contribution in [3.63, 3.8) is 0 Å². The van der Waals surface area contributed by atoms with Gasteiger partial charge < -0.3 is 26.2 Å². The van der Waals surface area contributed by atoms with E-state index in [2.05, 4.69) is 16.0 Å². The van der Waals surface area contributed by atoms with Crippen molar-refractivity contribution in [1.29, 1.82) is 0 Å². The van der Waals surface area contributed by atoms with Crippen LogP contribution in [0, 0.1) is 5.92 Å². The van der Waals surface area contributed by atoms with Crippen LogP contribution in [0.4, 0.5) is 0 Å². The number of amides is 3. The molecule has 3 atom stereocenters. The predicted molar refractivity (Wildman–Crippen MR) is 177 cm³/mol. The summed E-state index contributed by atoms with van der Waals surface area (Å²) >= 11 is 0. The Labute approximate surface area is 272 Å². The van der Waals surface area contributed by atoms with E-state index in [-0.39, 0.29) is 24.0 Å². The molecule has 3 amide bonds. The summed E-state index contributed by atoms with van der Waals surface area (Å²) in [6.45, 7) is 3.35. The van der Waals surface area contributed by atoms with Gasteiger partial charge >= 0.3 is 11.9 Å². The van der Waals surface area contributed by atoms with Gasteiger partial charge in [0.1, 0.15) is 18.1 Å². The van der Waals surface area contributed by atoms with Gasteiger partial charge in [-0.2, -0.15) is 0 Å². The van der Waals surface area contributed by atoms with E-state index in [0.717, 1.165) is 11.1 Å². The second-order valence-corrected chi connectivity index (χ2v) is 11.4. The van der Waals surface area contributed by atoms with Gasteiger partial charge in [-0.05, 0) is 40.3 Å². The first kappa shape index (κ1) is 34.1. The summed E-state index contributed by atoms with van der Waals surface area (Å²) in [4.78, 5) is 64.7. The minimum absolute atomic E-state index is 0.0769. The SMILES string of the molecule is CC(C)[C@H](NC(=O)[C@H](Cc1ccccc1)NC(=O)c1ccccc1-c1ccccc1C(=O)N[C@@H](Cc1ccccc1)C(=O)O)C(=O)O. The third-order valence-corrected chi connectivity index (χ3v) is 7.65. The van der Waals surface area contributed by atoms with Crippen LogP contribution in [0.25, 0.3) is 11.1 Å². The lowest BCUT2D eigenvalue weighted by molar-refractivity contribution is -0.143. The number of hydrogen-bond acceptors (Lipinski definition) is 5. The van der Waals surface area contributed by atoms with Gasteiger partial charge in [-0.1, -0.05) is 111 Å². The van der Waals surface area contributed by atoms with Gasteiger partial charge in [0.15, 0.2) is 0 Å². The Morgan fingerprint density at radius 1 is 0.532 bits per heavy atom. The number of aliphatic carboxylic acids is 2. The summed E-state index contributed by atoms with van der Waals surface area (Å²) < 4.78 is 0. The van der Waals surface area contributed by atoms with Crippen LogP contribution in [0.1, 0.15) is 45.7 Å². The topological polar surface area (TPSA) is 162 Å². The Morgan fingerprint density at radius 3 is 1.36 bits per heavy atom. The van der Waals surface area contributed by atoms with Crippen LogP contribution in [0.3, 0.4) is 0 Å². The second-order valence-electron chi connectivity index (χ2n) is 11.4. The Bertz CT molecular complexity index is 1720. The minimum atomic E-state index is -1.20. The van der Waals surface area contributed by atoms with E-state index in [1.165, 1.54) is 0 Å². The van der Waals surface area contributed by atoms with Crippen molar-refractivity contribution in [1.82, 2.24) is 16.0 Å². The molecule has 0 saturated carbocycles. The van der Waals surface area contributed by atoms with Crippen molar-refractivity contribution in [2.45, 2.75) is 44.8 Å². The summed E-state index contributed by atoms with van der Waals surface area (Å²) in [5.41, 5.74) is 2.59. The lowest BCUT2D eigenvalue weighted by Crippen LogP contribution is -2.54. The Kier molecular flexibility index (Phi) is 11.6. The molecule has 0 aliphatic carbocycles. The molecule has 4 rings (SSSR count). The Hall–Kier alpha value is -5.77. The Balaban J connectivity index is 1.63. The van der Waals surface area contributed by atoms with Gasteiger partial charge in [0, 0.05) is 24.0 Å². The van der Waals surface area contributed by atoms with E-state index < -0.39 is 53.7 Å². The molecular formula is C37H37N3O7. The number of hydrogen-bond donors (Lipinski definition) is 5. The van der Waals surface area contributed by atoms with Gasteiger partial charge in [-0.3, -0.25) is 14.4 Å². The van der Waals surface area contributed by atoms with Crippen LogP contribution in [-0.2, 0) is 27.2 Å². The summed E-state index contributed by atoms with van der Waals surface area (Å²) in [6, 6.07) is 27.6. The van der Waals surface area contributed by atoms with Crippen LogP contribution in [-0.4, -0.2) is 58.0 Å². The van der Waals surface area contributed by atoms with Gasteiger partial charge in [-0.15, -0.1) is 0 Å². The molecule has 242 valence electrons. The van der Waals surface area contributed by atoms with Crippen LogP contribution in [0.2, 0.25) is 0 Å². The lowest BCUT2D eigenvalue weighted by atomic mass is 9.94. The molecule has 4 aromatic rings. The summed E-state index contributed by atoms with van der Waals surface area (Å²) in [7, 11) is 0. The highest BCUT2D eigenvalue weighted by Crippen LogP contribution is 2.28. The summed E-state index contributed by atoms with van der Waals surface area (Å²) in [6.07, 6.45) is 0.176. The molecule has 0 aliphatic heterocycles. The fraction of sp³-hybridized carbons (Fsp3) is 0.216. The molecule has 0 spiro atoms. The van der Waals surface area contributed by atoms with Crippen molar-refractivity contribution in [2.24, 2.45) is 5.92 Å². The zero-order valence-corrected chi connectivity index (χ0v) is 26.1. The van der Waals surface area contributed by atoms with Crippen LogP contribution in [0.15, 0.2) is 109 Å². The average Bonchev–Trinajstić information content (AvgIpc) is 3.07. The summed E-state index contributed by atoms with van der Waals surface area (Å²) in [5.74, 6) is -4.68. The smallest absolute Gasteiger partial charge is 0.326 e. The first-order valence-corrected chi connectivity index (χ1v) is 15.2. The number of carboxylic acids is 2. The van der Waals surface area contributed by atoms with Crippen LogP contribution < -0.4 is 16.0 Å². The molecule has 0 fully saturated rings. The van der Waals surface area contributed by atoms with E-state index >= 15 is 0 Å². The molecule has 0 radical (unpaired) electrons.